The molecule has 3 heterocycles. The topological polar surface area (TPSA) is 51.0 Å². The van der Waals surface area contributed by atoms with Crippen LogP contribution in [0.15, 0.2) is 30.6 Å². The van der Waals surface area contributed by atoms with Crippen LogP contribution in [0.3, 0.4) is 0 Å². The lowest BCUT2D eigenvalue weighted by Gasteiger charge is -2.30. The van der Waals surface area contributed by atoms with Crippen molar-refractivity contribution < 1.29 is 4.79 Å². The van der Waals surface area contributed by atoms with E-state index in [2.05, 4.69) is 36.5 Å². The quantitative estimate of drug-likeness (QED) is 0.793. The molecule has 2 aliphatic rings. The van der Waals surface area contributed by atoms with Gasteiger partial charge in [-0.2, -0.15) is 5.10 Å². The predicted octanol–water partition coefficient (Wildman–Crippen LogP) is 4.67. The Balaban J connectivity index is 1.67. The number of carbonyl (C=O) groups is 1. The van der Waals surface area contributed by atoms with Crippen molar-refractivity contribution in [3.05, 3.63) is 47.5 Å². The Morgan fingerprint density at radius 1 is 1.07 bits per heavy atom. The Kier molecular flexibility index (Phi) is 4.79. The van der Waals surface area contributed by atoms with Gasteiger partial charge < -0.3 is 4.90 Å². The molecule has 5 heteroatoms. The largest absolute Gasteiger partial charge is 0.330 e. The number of hydrogen-bond donors (Lipinski definition) is 0. The van der Waals surface area contributed by atoms with Gasteiger partial charge in [0, 0.05) is 30.6 Å². The highest BCUT2D eigenvalue weighted by molar-refractivity contribution is 5.92. The SMILES string of the molecule is CC(C)(C)n1nc(C(=O)N2CCCCCC2c2ccncc2)cc1C1CC1. The second-order valence-corrected chi connectivity index (χ2v) is 8.96. The number of likely N-dealkylation sites (tertiary alicyclic amines) is 1. The van der Waals surface area contributed by atoms with Crippen LogP contribution in [0, 0.1) is 0 Å². The first-order valence-electron chi connectivity index (χ1n) is 10.3. The first-order chi connectivity index (χ1) is 12.9. The number of aromatic nitrogens is 3. The zero-order chi connectivity index (χ0) is 19.0. The maximum atomic E-state index is 13.5. The molecule has 5 nitrogen and oxygen atoms in total. The van der Waals surface area contributed by atoms with E-state index in [1.165, 1.54) is 30.5 Å². The fourth-order valence-electron chi connectivity index (χ4n) is 4.14. The number of rotatable bonds is 3. The molecule has 4 rings (SSSR count). The smallest absolute Gasteiger partial charge is 0.274 e. The molecule has 0 aromatic carbocycles. The second-order valence-electron chi connectivity index (χ2n) is 8.96. The van der Waals surface area contributed by atoms with Crippen molar-refractivity contribution in [3.8, 4) is 0 Å². The molecule has 1 aliphatic carbocycles. The van der Waals surface area contributed by atoms with Crippen molar-refractivity contribution in [3.63, 3.8) is 0 Å². The van der Waals surface area contributed by atoms with Crippen molar-refractivity contribution in [1.29, 1.82) is 0 Å². The maximum absolute atomic E-state index is 13.5. The molecule has 0 spiro atoms. The molecule has 1 amide bonds. The highest BCUT2D eigenvalue weighted by atomic mass is 16.2. The minimum absolute atomic E-state index is 0.0728. The van der Waals surface area contributed by atoms with Crippen LogP contribution in [-0.4, -0.2) is 32.1 Å². The lowest BCUT2D eigenvalue weighted by atomic mass is 10.0. The third kappa shape index (κ3) is 3.78. The van der Waals surface area contributed by atoms with Gasteiger partial charge >= 0.3 is 0 Å². The van der Waals surface area contributed by atoms with Crippen molar-refractivity contribution in [1.82, 2.24) is 19.7 Å². The maximum Gasteiger partial charge on any atom is 0.274 e. The summed E-state index contributed by atoms with van der Waals surface area (Å²) in [6.45, 7) is 7.27. The fraction of sp³-hybridized carbons (Fsp3) is 0.591. The number of amides is 1. The summed E-state index contributed by atoms with van der Waals surface area (Å²) in [4.78, 5) is 19.7. The van der Waals surface area contributed by atoms with E-state index in [4.69, 9.17) is 5.10 Å². The summed E-state index contributed by atoms with van der Waals surface area (Å²) in [5.74, 6) is 0.641. The molecule has 2 aromatic rings. The monoisotopic (exact) mass is 366 g/mol. The van der Waals surface area contributed by atoms with E-state index in [-0.39, 0.29) is 17.5 Å². The first-order valence-corrected chi connectivity index (χ1v) is 10.3. The lowest BCUT2D eigenvalue weighted by Crippen LogP contribution is -2.35. The molecular weight excluding hydrogens is 336 g/mol. The average molecular weight is 367 g/mol. The Hall–Kier alpha value is -2.17. The molecule has 144 valence electrons. The standard InChI is InChI=1S/C22H30N4O/c1-22(2,3)26-20(16-8-9-16)15-18(24-26)21(27)25-14-6-4-5-7-19(25)17-10-12-23-13-11-17/h10-13,15-16,19H,4-9,14H2,1-3H3. The van der Waals surface area contributed by atoms with E-state index in [0.29, 0.717) is 11.6 Å². The van der Waals surface area contributed by atoms with Gasteiger partial charge in [0.05, 0.1) is 11.6 Å². The molecule has 1 saturated carbocycles. The van der Waals surface area contributed by atoms with Gasteiger partial charge in [0.2, 0.25) is 0 Å². The van der Waals surface area contributed by atoms with Gasteiger partial charge in [0.25, 0.3) is 5.91 Å². The summed E-state index contributed by atoms with van der Waals surface area (Å²) in [6, 6.07) is 6.26. The Morgan fingerprint density at radius 2 is 1.81 bits per heavy atom. The van der Waals surface area contributed by atoms with Crippen LogP contribution < -0.4 is 0 Å². The van der Waals surface area contributed by atoms with Crippen LogP contribution in [-0.2, 0) is 5.54 Å². The van der Waals surface area contributed by atoms with Crippen LogP contribution in [0.1, 0.15) is 93.0 Å². The van der Waals surface area contributed by atoms with Gasteiger partial charge in [-0.1, -0.05) is 12.8 Å². The molecule has 1 unspecified atom stereocenters. The third-order valence-corrected chi connectivity index (χ3v) is 5.69. The van der Waals surface area contributed by atoms with Crippen LogP contribution in [0.2, 0.25) is 0 Å². The van der Waals surface area contributed by atoms with Crippen LogP contribution in [0.5, 0.6) is 0 Å². The Morgan fingerprint density at radius 3 is 2.48 bits per heavy atom. The van der Waals surface area contributed by atoms with E-state index < -0.39 is 0 Å². The van der Waals surface area contributed by atoms with Gasteiger partial charge in [0.15, 0.2) is 5.69 Å². The fourth-order valence-corrected chi connectivity index (χ4v) is 4.14. The molecule has 0 bridgehead atoms. The van der Waals surface area contributed by atoms with Crippen molar-refractivity contribution in [2.45, 2.75) is 76.8 Å². The Bertz CT molecular complexity index is 801. The normalized spacial score (nSPS) is 21.1. The van der Waals surface area contributed by atoms with Crippen molar-refractivity contribution >= 4 is 5.91 Å². The number of pyridine rings is 1. The molecule has 27 heavy (non-hydrogen) atoms. The van der Waals surface area contributed by atoms with E-state index in [1.807, 2.05) is 29.4 Å². The molecular formula is C22H30N4O. The van der Waals surface area contributed by atoms with Gasteiger partial charge in [-0.15, -0.1) is 0 Å². The van der Waals surface area contributed by atoms with Gasteiger partial charge in [0.1, 0.15) is 0 Å². The average Bonchev–Trinajstić information content (AvgIpc) is 3.43. The van der Waals surface area contributed by atoms with E-state index in [0.717, 1.165) is 25.8 Å². The van der Waals surface area contributed by atoms with E-state index >= 15 is 0 Å². The highest BCUT2D eigenvalue weighted by Gasteiger charge is 2.35. The molecule has 1 saturated heterocycles. The first kappa shape index (κ1) is 18.2. The Labute approximate surface area is 161 Å². The molecule has 2 fully saturated rings. The summed E-state index contributed by atoms with van der Waals surface area (Å²) in [6.07, 6.45) is 10.5. The minimum atomic E-state index is -0.111. The second kappa shape index (κ2) is 7.10. The third-order valence-electron chi connectivity index (χ3n) is 5.69. The van der Waals surface area contributed by atoms with E-state index in [1.54, 1.807) is 0 Å². The molecule has 0 radical (unpaired) electrons. The van der Waals surface area contributed by atoms with Crippen molar-refractivity contribution in [2.24, 2.45) is 0 Å². The predicted molar refractivity (Wildman–Crippen MR) is 106 cm³/mol. The van der Waals surface area contributed by atoms with Gasteiger partial charge in [-0.25, -0.2) is 0 Å². The summed E-state index contributed by atoms with van der Waals surface area (Å²) >= 11 is 0. The summed E-state index contributed by atoms with van der Waals surface area (Å²) in [7, 11) is 0. The summed E-state index contributed by atoms with van der Waals surface area (Å²) in [5.41, 5.74) is 2.89. The van der Waals surface area contributed by atoms with Crippen LogP contribution in [0.25, 0.3) is 0 Å². The molecule has 0 N–H and O–H groups in total. The highest BCUT2D eigenvalue weighted by Crippen LogP contribution is 2.42. The lowest BCUT2D eigenvalue weighted by molar-refractivity contribution is 0.0673. The van der Waals surface area contributed by atoms with Crippen LogP contribution >= 0.6 is 0 Å². The zero-order valence-corrected chi connectivity index (χ0v) is 16.7. The zero-order valence-electron chi connectivity index (χ0n) is 16.7. The molecule has 2 aromatic heterocycles. The minimum Gasteiger partial charge on any atom is -0.330 e. The number of hydrogen-bond acceptors (Lipinski definition) is 3. The number of nitrogens with zero attached hydrogens (tertiary/aromatic N) is 4. The van der Waals surface area contributed by atoms with Gasteiger partial charge in [-0.05, 0) is 70.2 Å². The summed E-state index contributed by atoms with van der Waals surface area (Å²) in [5, 5.41) is 4.79. The van der Waals surface area contributed by atoms with Crippen molar-refractivity contribution in [2.75, 3.05) is 6.54 Å². The molecule has 1 atom stereocenters. The van der Waals surface area contributed by atoms with E-state index in [9.17, 15) is 4.79 Å². The number of carbonyl (C=O) groups excluding carboxylic acids is 1. The van der Waals surface area contributed by atoms with Gasteiger partial charge in [-0.3, -0.25) is 14.5 Å². The summed E-state index contributed by atoms with van der Waals surface area (Å²) < 4.78 is 2.08. The van der Waals surface area contributed by atoms with Crippen LogP contribution in [0.4, 0.5) is 0 Å². The molecule has 1 aliphatic heterocycles.